The van der Waals surface area contributed by atoms with E-state index in [9.17, 15) is 5.26 Å². The van der Waals surface area contributed by atoms with Gasteiger partial charge in [0.25, 0.3) is 0 Å². The monoisotopic (exact) mass is 795 g/mol. The topological polar surface area (TPSA) is 75.3 Å². The van der Waals surface area contributed by atoms with E-state index in [0.29, 0.717) is 11.4 Å². The van der Waals surface area contributed by atoms with Crippen LogP contribution in [0.4, 0.5) is 0 Å². The van der Waals surface area contributed by atoms with Crippen LogP contribution in [0.5, 0.6) is 0 Å². The quantitative estimate of drug-likeness (QED) is 0.153. The van der Waals surface area contributed by atoms with E-state index in [1.807, 2.05) is 74.5 Å². The molecule has 0 fully saturated rings. The van der Waals surface area contributed by atoms with Crippen molar-refractivity contribution in [3.05, 3.63) is 218 Å². The summed E-state index contributed by atoms with van der Waals surface area (Å²) in [5.74, 6) is 0.636. The number of para-hydroxylation sites is 2. The molecular formula is C57H41N5. The molecule has 0 unspecified atom stereocenters. The van der Waals surface area contributed by atoms with Gasteiger partial charge in [-0.3, -0.25) is 0 Å². The van der Waals surface area contributed by atoms with Crippen molar-refractivity contribution >= 4 is 11.0 Å². The van der Waals surface area contributed by atoms with Crippen LogP contribution in [0.3, 0.4) is 0 Å². The predicted molar refractivity (Wildman–Crippen MR) is 255 cm³/mol. The Morgan fingerprint density at radius 3 is 1.00 bits per heavy atom. The molecule has 10 aromatic rings. The van der Waals surface area contributed by atoms with E-state index in [2.05, 4.69) is 158 Å². The molecule has 0 spiro atoms. The Morgan fingerprint density at radius 2 is 0.613 bits per heavy atom. The largest absolute Gasteiger partial charge is 0.244 e. The summed E-state index contributed by atoms with van der Waals surface area (Å²) in [7, 11) is 0. The van der Waals surface area contributed by atoms with Gasteiger partial charge in [0.15, 0.2) is 5.82 Å². The molecule has 0 N–H and O–H groups in total. The van der Waals surface area contributed by atoms with Crippen molar-refractivity contribution in [2.75, 3.05) is 0 Å². The van der Waals surface area contributed by atoms with E-state index in [-0.39, 0.29) is 0 Å². The summed E-state index contributed by atoms with van der Waals surface area (Å²) in [5.41, 5.74) is 17.1. The Labute approximate surface area is 362 Å². The fraction of sp³-hybridized carbons (Fsp3) is 0.0351. The zero-order valence-corrected chi connectivity index (χ0v) is 34.4. The van der Waals surface area contributed by atoms with Gasteiger partial charge in [-0.15, -0.1) is 0 Å². The Balaban J connectivity index is 0.00000242. The minimum atomic E-state index is 0.636. The minimum Gasteiger partial charge on any atom is -0.244 e. The molecule has 0 amide bonds. The fourth-order valence-corrected chi connectivity index (χ4v) is 7.54. The summed E-state index contributed by atoms with van der Waals surface area (Å²) in [6, 6.07) is 74.5. The van der Waals surface area contributed by atoms with Crippen LogP contribution in [0.1, 0.15) is 19.4 Å². The summed E-state index contributed by atoms with van der Waals surface area (Å²) in [5, 5.41) is 9.25. The molecule has 10 rings (SSSR count). The van der Waals surface area contributed by atoms with Crippen LogP contribution < -0.4 is 0 Å². The standard InChI is InChI=1S/C55H35N5.C2H6/c56-36-37-15-17-40(18-16-37)43-23-29-46(30-24-43)53-54(58-50-14-8-7-13-49(50)57-53)47-31-33-48(34-32-47)55-59-51(44-25-19-41(20-26-44)38-9-3-1-4-10-38)35-52(60-55)45-27-21-42(22-28-45)39-11-5-2-6-12-39;1-2/h1-35H;1-2H3. The highest BCUT2D eigenvalue weighted by Gasteiger charge is 2.16. The van der Waals surface area contributed by atoms with Gasteiger partial charge in [-0.05, 0) is 63.7 Å². The highest BCUT2D eigenvalue weighted by molar-refractivity contribution is 5.87. The van der Waals surface area contributed by atoms with Gasteiger partial charge in [-0.1, -0.05) is 196 Å². The van der Waals surface area contributed by atoms with E-state index in [1.165, 1.54) is 11.1 Å². The molecule has 0 aliphatic carbocycles. The zero-order chi connectivity index (χ0) is 42.3. The number of nitriles is 1. The lowest BCUT2D eigenvalue weighted by molar-refractivity contribution is 1.18. The number of rotatable bonds is 8. The van der Waals surface area contributed by atoms with Crippen LogP contribution in [0.15, 0.2) is 212 Å². The summed E-state index contributed by atoms with van der Waals surface area (Å²) in [6.07, 6.45) is 0. The van der Waals surface area contributed by atoms with Crippen LogP contribution >= 0.6 is 0 Å². The van der Waals surface area contributed by atoms with E-state index in [4.69, 9.17) is 19.9 Å². The van der Waals surface area contributed by atoms with Crippen molar-refractivity contribution in [1.29, 1.82) is 5.26 Å². The van der Waals surface area contributed by atoms with Crippen molar-refractivity contribution in [2.24, 2.45) is 0 Å². The predicted octanol–water partition coefficient (Wildman–Crippen LogP) is 14.7. The Hall–Kier alpha value is -8.33. The molecule has 2 heterocycles. The maximum Gasteiger partial charge on any atom is 0.160 e. The summed E-state index contributed by atoms with van der Waals surface area (Å²) < 4.78 is 0. The Bertz CT molecular complexity index is 3040. The second kappa shape index (κ2) is 17.9. The lowest BCUT2D eigenvalue weighted by atomic mass is 9.98. The first-order valence-electron chi connectivity index (χ1n) is 20.8. The smallest absolute Gasteiger partial charge is 0.160 e. The molecule has 0 saturated carbocycles. The third-order valence-electron chi connectivity index (χ3n) is 10.8. The summed E-state index contributed by atoms with van der Waals surface area (Å²) in [6.45, 7) is 4.00. The first kappa shape index (κ1) is 39.1. The minimum absolute atomic E-state index is 0.636. The van der Waals surface area contributed by atoms with E-state index in [0.717, 1.165) is 83.9 Å². The lowest BCUT2D eigenvalue weighted by Crippen LogP contribution is -1.97. The second-order valence-corrected chi connectivity index (χ2v) is 14.6. The Morgan fingerprint density at radius 1 is 0.306 bits per heavy atom. The molecule has 294 valence electrons. The van der Waals surface area contributed by atoms with Crippen LogP contribution in [0.25, 0.3) is 101 Å². The number of hydrogen-bond donors (Lipinski definition) is 0. The van der Waals surface area contributed by atoms with Crippen LogP contribution in [-0.4, -0.2) is 19.9 Å². The van der Waals surface area contributed by atoms with Gasteiger partial charge < -0.3 is 0 Å². The van der Waals surface area contributed by atoms with Gasteiger partial charge in [0.05, 0.1) is 45.4 Å². The summed E-state index contributed by atoms with van der Waals surface area (Å²) in [4.78, 5) is 20.6. The maximum atomic E-state index is 9.25. The molecular weight excluding hydrogens is 755 g/mol. The van der Waals surface area contributed by atoms with Gasteiger partial charge in [-0.25, -0.2) is 19.9 Å². The maximum absolute atomic E-state index is 9.25. The molecule has 0 radical (unpaired) electrons. The number of nitrogens with zero attached hydrogens (tertiary/aromatic N) is 5. The third kappa shape index (κ3) is 8.27. The van der Waals surface area contributed by atoms with Crippen molar-refractivity contribution in [1.82, 2.24) is 19.9 Å². The van der Waals surface area contributed by atoms with Gasteiger partial charge >= 0.3 is 0 Å². The highest BCUT2D eigenvalue weighted by atomic mass is 14.9. The van der Waals surface area contributed by atoms with Crippen molar-refractivity contribution in [3.63, 3.8) is 0 Å². The Kier molecular flexibility index (Phi) is 11.3. The van der Waals surface area contributed by atoms with Gasteiger partial charge in [0, 0.05) is 27.8 Å². The average molecular weight is 796 g/mol. The van der Waals surface area contributed by atoms with Gasteiger partial charge in [0.2, 0.25) is 0 Å². The van der Waals surface area contributed by atoms with Crippen molar-refractivity contribution < 1.29 is 0 Å². The lowest BCUT2D eigenvalue weighted by Gasteiger charge is -2.13. The van der Waals surface area contributed by atoms with Crippen LogP contribution in [0.2, 0.25) is 0 Å². The first-order chi connectivity index (χ1) is 30.6. The molecule has 0 bridgehead atoms. The van der Waals surface area contributed by atoms with E-state index >= 15 is 0 Å². The van der Waals surface area contributed by atoms with Gasteiger partial charge in [0.1, 0.15) is 0 Å². The molecule has 0 atom stereocenters. The van der Waals surface area contributed by atoms with Crippen molar-refractivity contribution in [3.8, 4) is 95.9 Å². The molecule has 0 aliphatic rings. The molecule has 62 heavy (non-hydrogen) atoms. The van der Waals surface area contributed by atoms with Crippen molar-refractivity contribution in [2.45, 2.75) is 13.8 Å². The number of benzene rings is 8. The number of aromatic nitrogens is 4. The average Bonchev–Trinajstić information content (AvgIpc) is 3.37. The normalized spacial score (nSPS) is 10.7. The molecule has 8 aromatic carbocycles. The fourth-order valence-electron chi connectivity index (χ4n) is 7.54. The molecule has 2 aromatic heterocycles. The van der Waals surface area contributed by atoms with Crippen LogP contribution in [0, 0.1) is 11.3 Å². The number of fused-ring (bicyclic) bond motifs is 1. The molecule has 0 aliphatic heterocycles. The van der Waals surface area contributed by atoms with Gasteiger partial charge in [-0.2, -0.15) is 5.26 Å². The number of hydrogen-bond acceptors (Lipinski definition) is 5. The molecule has 5 nitrogen and oxygen atoms in total. The molecule has 0 saturated heterocycles. The first-order valence-corrected chi connectivity index (χ1v) is 20.8. The summed E-state index contributed by atoms with van der Waals surface area (Å²) >= 11 is 0. The zero-order valence-electron chi connectivity index (χ0n) is 34.4. The third-order valence-corrected chi connectivity index (χ3v) is 10.8. The van der Waals surface area contributed by atoms with Crippen LogP contribution in [-0.2, 0) is 0 Å². The SMILES string of the molecule is CC.N#Cc1ccc(-c2ccc(-c3nc4ccccc4nc3-c3ccc(-c4nc(-c5ccc(-c6ccccc6)cc5)cc(-c5ccc(-c6ccccc6)cc5)n4)cc3)cc2)cc1. The highest BCUT2D eigenvalue weighted by Crippen LogP contribution is 2.35. The van der Waals surface area contributed by atoms with E-state index < -0.39 is 0 Å². The molecule has 5 heteroatoms. The van der Waals surface area contributed by atoms with E-state index in [1.54, 1.807) is 0 Å². The second-order valence-electron chi connectivity index (χ2n) is 14.6.